The Hall–Kier alpha value is -1.62. The van der Waals surface area contributed by atoms with Gasteiger partial charge in [-0.3, -0.25) is 4.90 Å². The van der Waals surface area contributed by atoms with Crippen molar-refractivity contribution in [2.24, 2.45) is 0 Å². The molecule has 19 heavy (non-hydrogen) atoms. The molecule has 4 rings (SSSR count). The third-order valence-corrected chi connectivity index (χ3v) is 4.23. The first-order valence-electron chi connectivity index (χ1n) is 7.03. The van der Waals surface area contributed by atoms with Crippen molar-refractivity contribution in [3.63, 3.8) is 0 Å². The van der Waals surface area contributed by atoms with Gasteiger partial charge in [-0.05, 0) is 31.9 Å². The minimum absolute atomic E-state index is 0.403. The van der Waals surface area contributed by atoms with Crippen LogP contribution in [-0.2, 0) is 13.1 Å². The second kappa shape index (κ2) is 4.20. The van der Waals surface area contributed by atoms with E-state index in [0.717, 1.165) is 31.3 Å². The SMILES string of the molecule is C[C@H]1c2cccn2CCN1Cc1nc(C2CC2)no1. The predicted octanol–water partition coefficient (Wildman–Crippen LogP) is 2.33. The summed E-state index contributed by atoms with van der Waals surface area (Å²) >= 11 is 0. The van der Waals surface area contributed by atoms with Gasteiger partial charge < -0.3 is 9.09 Å². The highest BCUT2D eigenvalue weighted by molar-refractivity contribution is 5.14. The molecule has 0 radical (unpaired) electrons. The monoisotopic (exact) mass is 258 g/mol. The Morgan fingerprint density at radius 3 is 3.11 bits per heavy atom. The largest absolute Gasteiger partial charge is 0.349 e. The predicted molar refractivity (Wildman–Crippen MR) is 69.5 cm³/mol. The Bertz CT molecular complexity index is 584. The van der Waals surface area contributed by atoms with Crippen LogP contribution < -0.4 is 0 Å². The van der Waals surface area contributed by atoms with E-state index in [1.165, 1.54) is 18.5 Å². The molecule has 0 aromatic carbocycles. The van der Waals surface area contributed by atoms with E-state index < -0.39 is 0 Å². The number of hydrogen-bond donors (Lipinski definition) is 0. The smallest absolute Gasteiger partial charge is 0.240 e. The number of fused-ring (bicyclic) bond motifs is 1. The van der Waals surface area contributed by atoms with Crippen molar-refractivity contribution in [2.45, 2.75) is 44.8 Å². The maximum Gasteiger partial charge on any atom is 0.240 e. The number of nitrogens with zero attached hydrogens (tertiary/aromatic N) is 4. The molecule has 5 heteroatoms. The van der Waals surface area contributed by atoms with E-state index in [-0.39, 0.29) is 0 Å². The molecule has 2 aromatic heterocycles. The lowest BCUT2D eigenvalue weighted by Gasteiger charge is -2.33. The van der Waals surface area contributed by atoms with Crippen molar-refractivity contribution in [3.8, 4) is 0 Å². The lowest BCUT2D eigenvalue weighted by molar-refractivity contribution is 0.141. The van der Waals surface area contributed by atoms with Gasteiger partial charge in [0.25, 0.3) is 0 Å². The lowest BCUT2D eigenvalue weighted by atomic mass is 10.1. The minimum atomic E-state index is 0.403. The van der Waals surface area contributed by atoms with Gasteiger partial charge in [0.05, 0.1) is 6.54 Å². The fourth-order valence-corrected chi connectivity index (χ4v) is 2.86. The summed E-state index contributed by atoms with van der Waals surface area (Å²) in [6.45, 7) is 5.06. The average Bonchev–Trinajstić information content (AvgIpc) is 2.98. The molecule has 2 aliphatic rings. The number of rotatable bonds is 3. The Morgan fingerprint density at radius 2 is 2.26 bits per heavy atom. The van der Waals surface area contributed by atoms with Gasteiger partial charge in [-0.15, -0.1) is 0 Å². The van der Waals surface area contributed by atoms with Crippen molar-refractivity contribution < 1.29 is 4.52 Å². The highest BCUT2D eigenvalue weighted by Gasteiger charge is 2.30. The quantitative estimate of drug-likeness (QED) is 0.847. The molecule has 1 atom stereocenters. The first kappa shape index (κ1) is 11.2. The molecule has 1 aliphatic heterocycles. The lowest BCUT2D eigenvalue weighted by Crippen LogP contribution is -2.35. The summed E-state index contributed by atoms with van der Waals surface area (Å²) in [4.78, 5) is 6.92. The van der Waals surface area contributed by atoms with Crippen molar-refractivity contribution >= 4 is 0 Å². The van der Waals surface area contributed by atoms with Crippen LogP contribution in [0.1, 0.15) is 49.1 Å². The van der Waals surface area contributed by atoms with Gasteiger partial charge in [0, 0.05) is 36.9 Å². The molecule has 1 saturated carbocycles. The van der Waals surface area contributed by atoms with Crippen LogP contribution in [0.5, 0.6) is 0 Å². The highest BCUT2D eigenvalue weighted by Crippen LogP contribution is 2.38. The molecule has 0 saturated heterocycles. The van der Waals surface area contributed by atoms with Crippen LogP contribution in [0.4, 0.5) is 0 Å². The molecule has 0 amide bonds. The van der Waals surface area contributed by atoms with Gasteiger partial charge in [0.1, 0.15) is 0 Å². The Kier molecular flexibility index (Phi) is 2.48. The summed E-state index contributed by atoms with van der Waals surface area (Å²) < 4.78 is 7.70. The fourth-order valence-electron chi connectivity index (χ4n) is 2.86. The molecule has 0 unspecified atom stereocenters. The van der Waals surface area contributed by atoms with Crippen molar-refractivity contribution in [1.82, 2.24) is 19.6 Å². The zero-order valence-electron chi connectivity index (χ0n) is 11.1. The van der Waals surface area contributed by atoms with Crippen molar-refractivity contribution in [2.75, 3.05) is 6.54 Å². The van der Waals surface area contributed by atoms with Gasteiger partial charge >= 0.3 is 0 Å². The standard InChI is InChI=1S/C14H18N4O/c1-10-12-3-2-6-17(12)7-8-18(10)9-13-15-14(16-19-13)11-4-5-11/h2-3,6,10-11H,4-5,7-9H2,1H3/t10-/m0/s1. The summed E-state index contributed by atoms with van der Waals surface area (Å²) in [5, 5.41) is 4.09. The topological polar surface area (TPSA) is 47.1 Å². The molecule has 100 valence electrons. The van der Waals surface area contributed by atoms with Gasteiger partial charge in [-0.2, -0.15) is 4.98 Å². The molecule has 5 nitrogen and oxygen atoms in total. The van der Waals surface area contributed by atoms with Gasteiger partial charge in [-0.25, -0.2) is 0 Å². The summed E-state index contributed by atoms with van der Waals surface area (Å²) in [5.74, 6) is 2.23. The molecular formula is C14H18N4O. The molecule has 0 bridgehead atoms. The van der Waals surface area contributed by atoms with Gasteiger partial charge in [-0.1, -0.05) is 5.16 Å². The molecule has 3 heterocycles. The molecule has 0 spiro atoms. The van der Waals surface area contributed by atoms with Crippen LogP contribution in [0.15, 0.2) is 22.9 Å². The van der Waals surface area contributed by atoms with Crippen LogP contribution in [0.3, 0.4) is 0 Å². The van der Waals surface area contributed by atoms with Crippen LogP contribution in [0, 0.1) is 0 Å². The van der Waals surface area contributed by atoms with E-state index in [9.17, 15) is 0 Å². The average molecular weight is 258 g/mol. The van der Waals surface area contributed by atoms with Crippen LogP contribution in [0.2, 0.25) is 0 Å². The molecule has 2 aromatic rings. The Morgan fingerprint density at radius 1 is 1.37 bits per heavy atom. The Balaban J connectivity index is 1.50. The second-order valence-electron chi connectivity index (χ2n) is 5.59. The summed E-state index contributed by atoms with van der Waals surface area (Å²) in [5.41, 5.74) is 1.37. The maximum atomic E-state index is 5.38. The van der Waals surface area contributed by atoms with E-state index in [1.807, 2.05) is 0 Å². The second-order valence-corrected chi connectivity index (χ2v) is 5.59. The zero-order chi connectivity index (χ0) is 12.8. The third-order valence-electron chi connectivity index (χ3n) is 4.23. The first-order valence-corrected chi connectivity index (χ1v) is 7.03. The van der Waals surface area contributed by atoms with Crippen molar-refractivity contribution in [1.29, 1.82) is 0 Å². The normalized spacial score (nSPS) is 23.5. The molecule has 1 aliphatic carbocycles. The summed E-state index contributed by atoms with van der Waals surface area (Å²) in [7, 11) is 0. The molecule has 0 N–H and O–H groups in total. The first-order chi connectivity index (χ1) is 9.31. The van der Waals surface area contributed by atoms with Crippen LogP contribution in [0.25, 0.3) is 0 Å². The molecule has 1 fully saturated rings. The summed E-state index contributed by atoms with van der Waals surface area (Å²) in [6.07, 6.45) is 4.58. The highest BCUT2D eigenvalue weighted by atomic mass is 16.5. The van der Waals surface area contributed by atoms with Crippen molar-refractivity contribution in [3.05, 3.63) is 35.7 Å². The third kappa shape index (κ3) is 1.98. The number of aromatic nitrogens is 3. The maximum absolute atomic E-state index is 5.38. The summed E-state index contributed by atoms with van der Waals surface area (Å²) in [6, 6.07) is 4.72. The number of hydrogen-bond acceptors (Lipinski definition) is 4. The van der Waals surface area contributed by atoms with E-state index in [4.69, 9.17) is 4.52 Å². The van der Waals surface area contributed by atoms with Gasteiger partial charge in [0.2, 0.25) is 5.89 Å². The minimum Gasteiger partial charge on any atom is -0.349 e. The molecular weight excluding hydrogens is 240 g/mol. The van der Waals surface area contributed by atoms with Gasteiger partial charge in [0.15, 0.2) is 5.82 Å². The zero-order valence-corrected chi connectivity index (χ0v) is 11.1. The Labute approximate surface area is 112 Å². The van der Waals surface area contributed by atoms with E-state index in [1.54, 1.807) is 0 Å². The van der Waals surface area contributed by atoms with E-state index in [2.05, 4.69) is 44.9 Å². The van der Waals surface area contributed by atoms with Crippen LogP contribution >= 0.6 is 0 Å². The van der Waals surface area contributed by atoms with E-state index in [0.29, 0.717) is 12.0 Å². The van der Waals surface area contributed by atoms with E-state index >= 15 is 0 Å². The van der Waals surface area contributed by atoms with Crippen LogP contribution in [-0.4, -0.2) is 26.2 Å². The fraction of sp³-hybridized carbons (Fsp3) is 0.571.